The van der Waals surface area contributed by atoms with E-state index < -0.39 is 5.41 Å². The van der Waals surface area contributed by atoms with Gasteiger partial charge in [0.05, 0.1) is 11.5 Å². The lowest BCUT2D eigenvalue weighted by Gasteiger charge is -2.23. The van der Waals surface area contributed by atoms with Gasteiger partial charge in [-0.15, -0.1) is 0 Å². The molecule has 0 saturated heterocycles. The van der Waals surface area contributed by atoms with Gasteiger partial charge in [0, 0.05) is 11.1 Å². The van der Waals surface area contributed by atoms with Crippen molar-refractivity contribution in [3.8, 4) is 6.07 Å². The van der Waals surface area contributed by atoms with Crippen molar-refractivity contribution in [3.05, 3.63) is 81.4 Å². The first kappa shape index (κ1) is 16.9. The third-order valence-corrected chi connectivity index (χ3v) is 4.69. The summed E-state index contributed by atoms with van der Waals surface area (Å²) in [5.41, 5.74) is 1.67. The number of aromatic nitrogens is 1. The Hall–Kier alpha value is -2.93. The lowest BCUT2D eigenvalue weighted by molar-refractivity contribution is 0.557. The van der Waals surface area contributed by atoms with Crippen LogP contribution in [0.1, 0.15) is 30.5 Å². The molecule has 25 heavy (non-hydrogen) atoms. The van der Waals surface area contributed by atoms with Crippen LogP contribution in [0, 0.1) is 17.1 Å². The monoisotopic (exact) mass is 334 g/mol. The van der Waals surface area contributed by atoms with Crippen LogP contribution in [0.3, 0.4) is 0 Å². The van der Waals surface area contributed by atoms with Gasteiger partial charge >= 0.3 is 0 Å². The van der Waals surface area contributed by atoms with Crippen molar-refractivity contribution in [2.24, 2.45) is 0 Å². The van der Waals surface area contributed by atoms with E-state index >= 15 is 0 Å². The van der Waals surface area contributed by atoms with Gasteiger partial charge in [-0.05, 0) is 54.5 Å². The molecule has 2 aromatic carbocycles. The number of rotatable bonds is 4. The maximum Gasteiger partial charge on any atom is 0.251 e. The summed E-state index contributed by atoms with van der Waals surface area (Å²) in [6.07, 6.45) is 0.926. The Morgan fingerprint density at radius 2 is 1.92 bits per heavy atom. The molecular formula is C21H19FN2O. The summed E-state index contributed by atoms with van der Waals surface area (Å²) in [4.78, 5) is 14.9. The third kappa shape index (κ3) is 3.18. The third-order valence-electron chi connectivity index (χ3n) is 4.69. The summed E-state index contributed by atoms with van der Waals surface area (Å²) in [5.74, 6) is -0.314. The Labute approximate surface area is 145 Å². The van der Waals surface area contributed by atoms with Gasteiger partial charge in [-0.2, -0.15) is 5.26 Å². The Morgan fingerprint density at radius 3 is 2.60 bits per heavy atom. The number of hydrogen-bond acceptors (Lipinski definition) is 2. The fourth-order valence-corrected chi connectivity index (χ4v) is 3.08. The number of H-pyrrole nitrogens is 1. The van der Waals surface area contributed by atoms with Gasteiger partial charge < -0.3 is 4.98 Å². The van der Waals surface area contributed by atoms with Crippen molar-refractivity contribution in [1.82, 2.24) is 4.98 Å². The first-order chi connectivity index (χ1) is 12.0. The topological polar surface area (TPSA) is 56.6 Å². The zero-order chi connectivity index (χ0) is 18.0. The normalized spacial score (nSPS) is 13.4. The van der Waals surface area contributed by atoms with Crippen LogP contribution in [-0.4, -0.2) is 4.98 Å². The molecule has 1 heterocycles. The molecule has 4 heteroatoms. The predicted octanol–water partition coefficient (Wildman–Crippen LogP) is 4.25. The summed E-state index contributed by atoms with van der Waals surface area (Å²) < 4.78 is 14.0. The van der Waals surface area contributed by atoms with Crippen molar-refractivity contribution in [3.63, 3.8) is 0 Å². The lowest BCUT2D eigenvalue weighted by Crippen LogP contribution is -2.23. The second-order valence-electron chi connectivity index (χ2n) is 6.49. The van der Waals surface area contributed by atoms with E-state index in [9.17, 15) is 14.4 Å². The minimum atomic E-state index is -0.892. The molecule has 0 spiro atoms. The number of halogens is 1. The Morgan fingerprint density at radius 1 is 1.16 bits per heavy atom. The summed E-state index contributed by atoms with van der Waals surface area (Å²) in [6, 6.07) is 16.3. The number of fused-ring (bicyclic) bond motifs is 1. The summed E-state index contributed by atoms with van der Waals surface area (Å²) in [6.45, 7) is 3.73. The van der Waals surface area contributed by atoms with Gasteiger partial charge in [0.15, 0.2) is 0 Å². The number of nitrogens with one attached hydrogen (secondary N) is 1. The number of nitrogens with zero attached hydrogens (tertiary/aromatic N) is 1. The molecule has 126 valence electrons. The van der Waals surface area contributed by atoms with E-state index in [0.29, 0.717) is 17.5 Å². The molecule has 3 nitrogen and oxygen atoms in total. The molecule has 0 bridgehead atoms. The number of aryl methyl sites for hydroxylation is 1. The van der Waals surface area contributed by atoms with Gasteiger partial charge in [0.2, 0.25) is 0 Å². The second kappa shape index (κ2) is 6.52. The van der Waals surface area contributed by atoms with Gasteiger partial charge in [0.1, 0.15) is 5.82 Å². The van der Waals surface area contributed by atoms with Crippen LogP contribution in [0.2, 0.25) is 0 Å². The molecule has 1 unspecified atom stereocenters. The van der Waals surface area contributed by atoms with Crippen molar-refractivity contribution in [1.29, 1.82) is 5.26 Å². The van der Waals surface area contributed by atoms with Gasteiger partial charge in [0.25, 0.3) is 5.56 Å². The van der Waals surface area contributed by atoms with Crippen LogP contribution in [0.15, 0.2) is 53.3 Å². The Balaban J connectivity index is 2.07. The van der Waals surface area contributed by atoms with Crippen molar-refractivity contribution < 1.29 is 4.39 Å². The van der Waals surface area contributed by atoms with E-state index in [1.54, 1.807) is 25.1 Å². The lowest BCUT2D eigenvalue weighted by atomic mass is 9.78. The van der Waals surface area contributed by atoms with E-state index in [0.717, 1.165) is 16.5 Å². The van der Waals surface area contributed by atoms with E-state index in [-0.39, 0.29) is 17.8 Å². The fraction of sp³-hybridized carbons (Fsp3) is 0.238. The molecule has 3 aromatic rings. The van der Waals surface area contributed by atoms with Crippen LogP contribution in [0.5, 0.6) is 0 Å². The maximum absolute atomic E-state index is 14.0. The SMILES string of the molecule is CCc1cc2ccc(C(C)(C#N)Cc3ccccc3F)cc2[nH]c1=O. The largest absolute Gasteiger partial charge is 0.322 e. The summed E-state index contributed by atoms with van der Waals surface area (Å²) in [7, 11) is 0. The smallest absolute Gasteiger partial charge is 0.251 e. The van der Waals surface area contributed by atoms with Gasteiger partial charge in [-0.3, -0.25) is 4.79 Å². The fourth-order valence-electron chi connectivity index (χ4n) is 3.08. The number of hydrogen-bond donors (Lipinski definition) is 1. The molecule has 0 aliphatic rings. The molecule has 3 rings (SSSR count). The Bertz CT molecular complexity index is 1030. The van der Waals surface area contributed by atoms with E-state index in [4.69, 9.17) is 0 Å². The van der Waals surface area contributed by atoms with Crippen molar-refractivity contribution >= 4 is 10.9 Å². The second-order valence-corrected chi connectivity index (χ2v) is 6.49. The molecule has 0 aliphatic carbocycles. The minimum absolute atomic E-state index is 0.111. The van der Waals surface area contributed by atoms with Gasteiger partial charge in [-0.25, -0.2) is 4.39 Å². The maximum atomic E-state index is 14.0. The molecule has 1 N–H and O–H groups in total. The highest BCUT2D eigenvalue weighted by Gasteiger charge is 2.28. The molecule has 0 amide bonds. The number of nitriles is 1. The standard InChI is InChI=1S/C21H19FN2O/c1-3-14-10-15-8-9-17(11-19(15)24-20(14)25)21(2,13-23)12-16-6-4-5-7-18(16)22/h4-11H,3,12H2,1-2H3,(H,24,25). The van der Waals surface area contributed by atoms with E-state index in [2.05, 4.69) is 11.1 Å². The predicted molar refractivity (Wildman–Crippen MR) is 97.0 cm³/mol. The van der Waals surface area contributed by atoms with E-state index in [1.165, 1.54) is 6.07 Å². The first-order valence-electron chi connectivity index (χ1n) is 8.28. The van der Waals surface area contributed by atoms with Crippen LogP contribution >= 0.6 is 0 Å². The minimum Gasteiger partial charge on any atom is -0.322 e. The quantitative estimate of drug-likeness (QED) is 0.775. The van der Waals surface area contributed by atoms with Crippen molar-refractivity contribution in [2.45, 2.75) is 32.1 Å². The first-order valence-corrected chi connectivity index (χ1v) is 8.28. The van der Waals surface area contributed by atoms with Gasteiger partial charge in [-0.1, -0.05) is 37.3 Å². The molecule has 1 aromatic heterocycles. The van der Waals surface area contributed by atoms with Crippen LogP contribution in [0.25, 0.3) is 10.9 Å². The molecule has 0 aliphatic heterocycles. The molecule has 0 saturated carbocycles. The number of aromatic amines is 1. The summed E-state index contributed by atoms with van der Waals surface area (Å²) >= 11 is 0. The zero-order valence-electron chi connectivity index (χ0n) is 14.3. The highest BCUT2D eigenvalue weighted by atomic mass is 19.1. The summed E-state index contributed by atoms with van der Waals surface area (Å²) in [5, 5.41) is 10.7. The molecular weight excluding hydrogens is 315 g/mol. The molecule has 0 radical (unpaired) electrons. The average molecular weight is 334 g/mol. The highest BCUT2D eigenvalue weighted by Crippen LogP contribution is 2.30. The van der Waals surface area contributed by atoms with Crippen molar-refractivity contribution in [2.75, 3.05) is 0 Å². The highest BCUT2D eigenvalue weighted by molar-refractivity contribution is 5.80. The van der Waals surface area contributed by atoms with E-state index in [1.807, 2.05) is 31.2 Å². The van der Waals surface area contributed by atoms with Crippen LogP contribution in [-0.2, 0) is 18.3 Å². The molecule has 1 atom stereocenters. The van der Waals surface area contributed by atoms with Crippen LogP contribution < -0.4 is 5.56 Å². The Kier molecular flexibility index (Phi) is 4.41. The molecule has 0 fully saturated rings. The number of benzene rings is 2. The van der Waals surface area contributed by atoms with Crippen LogP contribution in [0.4, 0.5) is 4.39 Å². The average Bonchev–Trinajstić information content (AvgIpc) is 2.62. The zero-order valence-corrected chi connectivity index (χ0v) is 14.3. The number of pyridine rings is 1.